The highest BCUT2D eigenvalue weighted by atomic mass is 79.9. The highest BCUT2D eigenvalue weighted by molar-refractivity contribution is 9.10. The van der Waals surface area contributed by atoms with Crippen LogP contribution < -0.4 is 0 Å². The van der Waals surface area contributed by atoms with Crippen molar-refractivity contribution in [1.82, 2.24) is 9.55 Å². The van der Waals surface area contributed by atoms with Gasteiger partial charge in [-0.2, -0.15) is 0 Å². The largest absolute Gasteiger partial charge is 0.481 e. The zero-order valence-electron chi connectivity index (χ0n) is 11.2. The van der Waals surface area contributed by atoms with Gasteiger partial charge in [-0.05, 0) is 24.1 Å². The lowest BCUT2D eigenvalue weighted by Crippen LogP contribution is -2.05. The number of halogens is 1. The highest BCUT2D eigenvalue weighted by Gasteiger charge is 2.16. The van der Waals surface area contributed by atoms with E-state index in [2.05, 4.69) is 34.8 Å². The summed E-state index contributed by atoms with van der Waals surface area (Å²) in [4.78, 5) is 15.1. The van der Waals surface area contributed by atoms with Crippen molar-refractivity contribution < 1.29 is 9.90 Å². The lowest BCUT2D eigenvalue weighted by molar-refractivity contribution is -0.133. The molecule has 1 aromatic carbocycles. The summed E-state index contributed by atoms with van der Waals surface area (Å²) < 4.78 is 3.00. The average Bonchev–Trinajstić information content (AvgIpc) is 2.80. The highest BCUT2D eigenvalue weighted by Crippen LogP contribution is 2.28. The normalized spacial score (nSPS) is 11.0. The summed E-state index contributed by atoms with van der Waals surface area (Å²) in [6.45, 7) is 4.19. The predicted molar refractivity (Wildman–Crippen MR) is 83.7 cm³/mol. The van der Waals surface area contributed by atoms with Crippen LogP contribution in [-0.4, -0.2) is 26.4 Å². The number of imidazole rings is 1. The van der Waals surface area contributed by atoms with E-state index in [1.54, 1.807) is 0 Å². The molecule has 0 radical (unpaired) electrons. The molecule has 0 spiro atoms. The topological polar surface area (TPSA) is 55.1 Å². The summed E-state index contributed by atoms with van der Waals surface area (Å²) in [6.07, 6.45) is 1.82. The fourth-order valence-electron chi connectivity index (χ4n) is 1.86. The molecule has 0 fully saturated rings. The lowest BCUT2D eigenvalue weighted by Gasteiger charge is -2.13. The smallest absolute Gasteiger partial charge is 0.313 e. The third kappa shape index (κ3) is 3.43. The SMILES string of the molecule is CC(C)c1cnc(SCC(=O)O)n1-c1cccc(Br)c1. The van der Waals surface area contributed by atoms with Gasteiger partial charge < -0.3 is 5.11 Å². The Labute approximate surface area is 130 Å². The van der Waals surface area contributed by atoms with Crippen LogP contribution in [0.1, 0.15) is 25.5 Å². The van der Waals surface area contributed by atoms with Crippen molar-refractivity contribution in [3.8, 4) is 5.69 Å². The molecule has 106 valence electrons. The maximum atomic E-state index is 10.7. The molecule has 0 atom stereocenters. The quantitative estimate of drug-likeness (QED) is 0.826. The predicted octanol–water partition coefficient (Wildman–Crippen LogP) is 3.93. The summed E-state index contributed by atoms with van der Waals surface area (Å²) in [7, 11) is 0. The second kappa shape index (κ2) is 6.45. The lowest BCUT2D eigenvalue weighted by atomic mass is 10.1. The molecule has 1 aromatic heterocycles. The van der Waals surface area contributed by atoms with E-state index in [9.17, 15) is 4.79 Å². The summed E-state index contributed by atoms with van der Waals surface area (Å²) in [6, 6.07) is 7.90. The van der Waals surface area contributed by atoms with Crippen LogP contribution in [0.5, 0.6) is 0 Å². The number of aromatic nitrogens is 2. The zero-order valence-corrected chi connectivity index (χ0v) is 13.6. The van der Waals surface area contributed by atoms with E-state index in [1.165, 1.54) is 11.8 Å². The molecule has 0 bridgehead atoms. The number of nitrogens with zero attached hydrogens (tertiary/aromatic N) is 2. The number of hydrogen-bond acceptors (Lipinski definition) is 3. The average molecular weight is 355 g/mol. The fraction of sp³-hybridized carbons (Fsp3) is 0.286. The van der Waals surface area contributed by atoms with Gasteiger partial charge >= 0.3 is 5.97 Å². The van der Waals surface area contributed by atoms with Crippen LogP contribution in [0.15, 0.2) is 40.1 Å². The van der Waals surface area contributed by atoms with E-state index >= 15 is 0 Å². The van der Waals surface area contributed by atoms with Gasteiger partial charge in [-0.3, -0.25) is 9.36 Å². The van der Waals surface area contributed by atoms with E-state index in [4.69, 9.17) is 5.11 Å². The van der Waals surface area contributed by atoms with Crippen LogP contribution >= 0.6 is 27.7 Å². The summed E-state index contributed by atoms with van der Waals surface area (Å²) >= 11 is 4.69. The molecule has 0 saturated heterocycles. The third-order valence-corrected chi connectivity index (χ3v) is 4.17. The molecule has 0 saturated carbocycles. The van der Waals surface area contributed by atoms with Crippen molar-refractivity contribution in [3.63, 3.8) is 0 Å². The molecule has 0 aliphatic carbocycles. The minimum absolute atomic E-state index is 0.00253. The first-order chi connectivity index (χ1) is 9.49. The van der Waals surface area contributed by atoms with Crippen LogP contribution in [0.4, 0.5) is 0 Å². The number of rotatable bonds is 5. The summed E-state index contributed by atoms with van der Waals surface area (Å²) in [5, 5.41) is 9.53. The van der Waals surface area contributed by atoms with Gasteiger partial charge in [0.1, 0.15) is 0 Å². The number of aliphatic carboxylic acids is 1. The van der Waals surface area contributed by atoms with Crippen molar-refractivity contribution in [2.45, 2.75) is 24.9 Å². The Balaban J connectivity index is 2.46. The van der Waals surface area contributed by atoms with Crippen molar-refractivity contribution >= 4 is 33.7 Å². The van der Waals surface area contributed by atoms with Crippen molar-refractivity contribution in [3.05, 3.63) is 40.6 Å². The molecule has 1 N–H and O–H groups in total. The van der Waals surface area contributed by atoms with Crippen molar-refractivity contribution in [2.24, 2.45) is 0 Å². The van der Waals surface area contributed by atoms with Gasteiger partial charge in [-0.25, -0.2) is 4.98 Å². The Bertz CT molecular complexity index is 625. The maximum absolute atomic E-state index is 10.7. The Morgan fingerprint density at radius 1 is 1.50 bits per heavy atom. The van der Waals surface area contributed by atoms with E-state index < -0.39 is 5.97 Å². The second-order valence-corrected chi connectivity index (χ2v) is 6.48. The van der Waals surface area contributed by atoms with E-state index in [1.807, 2.05) is 35.0 Å². The number of hydrogen-bond donors (Lipinski definition) is 1. The van der Waals surface area contributed by atoms with Crippen molar-refractivity contribution in [2.75, 3.05) is 5.75 Å². The van der Waals surface area contributed by atoms with Crippen LogP contribution in [-0.2, 0) is 4.79 Å². The molecular weight excluding hydrogens is 340 g/mol. The van der Waals surface area contributed by atoms with Crippen LogP contribution in [0.25, 0.3) is 5.69 Å². The Hall–Kier alpha value is -1.27. The Kier molecular flexibility index (Phi) is 4.88. The van der Waals surface area contributed by atoms with Gasteiger partial charge in [0.2, 0.25) is 0 Å². The van der Waals surface area contributed by atoms with Gasteiger partial charge in [-0.15, -0.1) is 0 Å². The van der Waals surface area contributed by atoms with Crippen molar-refractivity contribution in [1.29, 1.82) is 0 Å². The first-order valence-corrected chi connectivity index (χ1v) is 7.95. The van der Waals surface area contributed by atoms with Gasteiger partial charge in [0, 0.05) is 15.9 Å². The molecule has 4 nitrogen and oxygen atoms in total. The second-order valence-electron chi connectivity index (χ2n) is 4.62. The third-order valence-electron chi connectivity index (χ3n) is 2.74. The Morgan fingerprint density at radius 2 is 2.25 bits per heavy atom. The number of thioether (sulfide) groups is 1. The van der Waals surface area contributed by atoms with Gasteiger partial charge in [-0.1, -0.05) is 47.6 Å². The summed E-state index contributed by atoms with van der Waals surface area (Å²) in [5.74, 6) is -0.534. The van der Waals surface area contributed by atoms with Gasteiger partial charge in [0.05, 0.1) is 11.9 Å². The molecule has 20 heavy (non-hydrogen) atoms. The standard InChI is InChI=1S/C14H15BrN2O2S/c1-9(2)12-7-16-14(20-8-13(18)19)17(12)11-5-3-4-10(15)6-11/h3-7,9H,8H2,1-2H3,(H,18,19). The van der Waals surface area contributed by atoms with Gasteiger partial charge in [0.15, 0.2) is 5.16 Å². The molecular formula is C14H15BrN2O2S. The van der Waals surface area contributed by atoms with Crippen LogP contribution in [0, 0.1) is 0 Å². The first kappa shape index (κ1) is 15.1. The molecule has 0 aliphatic heterocycles. The molecule has 1 heterocycles. The zero-order chi connectivity index (χ0) is 14.7. The van der Waals surface area contributed by atoms with Crippen LogP contribution in [0.2, 0.25) is 0 Å². The minimum atomic E-state index is -0.843. The molecule has 2 aromatic rings. The van der Waals surface area contributed by atoms with Gasteiger partial charge in [0.25, 0.3) is 0 Å². The fourth-order valence-corrected chi connectivity index (χ4v) is 2.96. The van der Waals surface area contributed by atoms with E-state index in [0.717, 1.165) is 15.9 Å². The molecule has 0 amide bonds. The monoisotopic (exact) mass is 354 g/mol. The summed E-state index contributed by atoms with van der Waals surface area (Å²) in [5.41, 5.74) is 2.05. The number of carboxylic acids is 1. The number of carboxylic acid groups (broad SMARTS) is 1. The molecule has 6 heteroatoms. The van der Waals surface area contributed by atoms with E-state index in [-0.39, 0.29) is 5.75 Å². The Morgan fingerprint density at radius 3 is 2.85 bits per heavy atom. The van der Waals surface area contributed by atoms with E-state index in [0.29, 0.717) is 11.1 Å². The van der Waals surface area contributed by atoms with Crippen LogP contribution in [0.3, 0.4) is 0 Å². The number of carbonyl (C=O) groups is 1. The minimum Gasteiger partial charge on any atom is -0.481 e. The molecule has 2 rings (SSSR count). The first-order valence-electron chi connectivity index (χ1n) is 6.17. The number of benzene rings is 1. The molecule has 0 unspecified atom stereocenters. The molecule has 0 aliphatic rings. The maximum Gasteiger partial charge on any atom is 0.313 e.